The van der Waals surface area contributed by atoms with Crippen molar-refractivity contribution in [3.63, 3.8) is 0 Å². The predicted molar refractivity (Wildman–Crippen MR) is 77.8 cm³/mol. The lowest BCUT2D eigenvalue weighted by Crippen LogP contribution is -1.99. The average molecular weight is 251 g/mol. The van der Waals surface area contributed by atoms with Crippen LogP contribution in [0.25, 0.3) is 11.1 Å². The molecule has 0 spiro atoms. The van der Waals surface area contributed by atoms with Crippen LogP contribution in [0, 0.1) is 0 Å². The van der Waals surface area contributed by atoms with Gasteiger partial charge in [-0.25, -0.2) is 10.0 Å². The molecule has 0 aliphatic heterocycles. The molecule has 0 bridgehead atoms. The van der Waals surface area contributed by atoms with Crippen LogP contribution in [0.5, 0.6) is 0 Å². The Labute approximate surface area is 103 Å². The van der Waals surface area contributed by atoms with Gasteiger partial charge in [0.1, 0.15) is 0 Å². The van der Waals surface area contributed by atoms with Gasteiger partial charge in [0.2, 0.25) is 0 Å². The van der Waals surface area contributed by atoms with Crippen molar-refractivity contribution < 1.29 is 0 Å². The van der Waals surface area contributed by atoms with E-state index in [1.807, 2.05) is 6.07 Å². The minimum Gasteiger partial charge on any atom is -0.398 e. The number of anilines is 1. The molecule has 0 unspecified atom stereocenters. The molecule has 1 aromatic carbocycles. The van der Waals surface area contributed by atoms with E-state index >= 15 is 0 Å². The Morgan fingerprint density at radius 3 is 2.38 bits per heavy atom. The summed E-state index contributed by atoms with van der Waals surface area (Å²) in [5, 5.41) is 4.28. The highest BCUT2D eigenvalue weighted by atomic mass is 32.3. The molecule has 0 saturated carbocycles. The lowest BCUT2D eigenvalue weighted by molar-refractivity contribution is 1.44. The SMILES string of the molecule is CS(C)(C)c1cc(-c2ccsc2)ccc1N. The van der Waals surface area contributed by atoms with Crippen LogP contribution in [0.2, 0.25) is 0 Å². The fourth-order valence-corrected chi connectivity index (χ4v) is 3.59. The standard InChI is InChI=1S/C13H17NS2/c1-16(2,3)13-8-10(4-5-12(13)14)11-6-7-15-9-11/h4-9H,14H2,1-3H3. The van der Waals surface area contributed by atoms with Crippen LogP contribution in [0.1, 0.15) is 0 Å². The maximum Gasteiger partial charge on any atom is 0.0437 e. The number of hydrogen-bond acceptors (Lipinski definition) is 2. The topological polar surface area (TPSA) is 26.0 Å². The van der Waals surface area contributed by atoms with E-state index in [1.54, 1.807) is 11.3 Å². The second-order valence-electron chi connectivity index (χ2n) is 4.60. The lowest BCUT2D eigenvalue weighted by atomic mass is 10.1. The largest absolute Gasteiger partial charge is 0.398 e. The van der Waals surface area contributed by atoms with E-state index in [4.69, 9.17) is 5.73 Å². The fourth-order valence-electron chi connectivity index (χ4n) is 1.67. The van der Waals surface area contributed by atoms with Crippen molar-refractivity contribution in [1.29, 1.82) is 0 Å². The molecule has 1 aromatic heterocycles. The van der Waals surface area contributed by atoms with Crippen molar-refractivity contribution in [3.05, 3.63) is 35.0 Å². The Bertz CT molecular complexity index is 481. The molecular weight excluding hydrogens is 234 g/mol. The second-order valence-corrected chi connectivity index (χ2v) is 9.50. The van der Waals surface area contributed by atoms with Crippen LogP contribution < -0.4 is 5.73 Å². The van der Waals surface area contributed by atoms with E-state index in [1.165, 1.54) is 16.0 Å². The quantitative estimate of drug-likeness (QED) is 0.801. The van der Waals surface area contributed by atoms with E-state index in [0.29, 0.717) is 0 Å². The summed E-state index contributed by atoms with van der Waals surface area (Å²) in [5.74, 6) is 0. The number of nitrogen functional groups attached to an aromatic ring is 1. The number of hydrogen-bond donors (Lipinski definition) is 1. The van der Waals surface area contributed by atoms with Gasteiger partial charge in [0, 0.05) is 10.6 Å². The van der Waals surface area contributed by atoms with Crippen LogP contribution in [-0.2, 0) is 0 Å². The van der Waals surface area contributed by atoms with Gasteiger partial charge in [-0.1, -0.05) is 6.07 Å². The molecule has 0 atom stereocenters. The average Bonchev–Trinajstić information content (AvgIpc) is 2.69. The van der Waals surface area contributed by atoms with Gasteiger partial charge in [-0.2, -0.15) is 11.3 Å². The third-order valence-corrected chi connectivity index (χ3v) is 4.88. The lowest BCUT2D eigenvalue weighted by Gasteiger charge is -2.27. The van der Waals surface area contributed by atoms with Gasteiger partial charge in [0.05, 0.1) is 0 Å². The first-order chi connectivity index (χ1) is 7.48. The summed E-state index contributed by atoms with van der Waals surface area (Å²) in [4.78, 5) is 1.30. The van der Waals surface area contributed by atoms with Crippen LogP contribution in [0.4, 0.5) is 5.69 Å². The van der Waals surface area contributed by atoms with Crippen molar-refractivity contribution in [2.45, 2.75) is 4.90 Å². The van der Waals surface area contributed by atoms with E-state index in [9.17, 15) is 0 Å². The first-order valence-electron chi connectivity index (χ1n) is 5.09. The highest BCUT2D eigenvalue weighted by Gasteiger charge is 2.13. The minimum absolute atomic E-state index is 0.769. The van der Waals surface area contributed by atoms with Crippen LogP contribution in [0.3, 0.4) is 0 Å². The summed E-state index contributed by atoms with van der Waals surface area (Å²) in [6.07, 6.45) is 6.82. The highest BCUT2D eigenvalue weighted by Crippen LogP contribution is 2.49. The molecule has 0 radical (unpaired) electrons. The summed E-state index contributed by atoms with van der Waals surface area (Å²) >= 11 is 1.73. The van der Waals surface area contributed by atoms with Gasteiger partial charge in [0.15, 0.2) is 0 Å². The Hall–Kier alpha value is -0.930. The van der Waals surface area contributed by atoms with Crippen molar-refractivity contribution in [2.24, 2.45) is 0 Å². The van der Waals surface area contributed by atoms with E-state index < -0.39 is 10.0 Å². The number of rotatable bonds is 2. The zero-order valence-corrected chi connectivity index (χ0v) is 11.5. The van der Waals surface area contributed by atoms with Crippen molar-refractivity contribution >= 4 is 27.1 Å². The molecule has 3 heteroatoms. The van der Waals surface area contributed by atoms with Crippen molar-refractivity contribution in [2.75, 3.05) is 24.5 Å². The number of benzene rings is 1. The Morgan fingerprint density at radius 2 is 1.81 bits per heavy atom. The molecule has 16 heavy (non-hydrogen) atoms. The number of nitrogens with two attached hydrogens (primary N) is 1. The molecule has 0 amide bonds. The Kier molecular flexibility index (Phi) is 3.00. The molecule has 0 aliphatic carbocycles. The second kappa shape index (κ2) is 4.15. The zero-order valence-electron chi connectivity index (χ0n) is 9.86. The summed E-state index contributed by atoms with van der Waals surface area (Å²) < 4.78 is 0. The Morgan fingerprint density at radius 1 is 1.06 bits per heavy atom. The normalized spacial score (nSPS) is 12.7. The molecule has 0 fully saturated rings. The minimum atomic E-state index is -0.769. The Balaban J connectivity index is 2.52. The van der Waals surface area contributed by atoms with Gasteiger partial charge in [-0.3, -0.25) is 0 Å². The van der Waals surface area contributed by atoms with Gasteiger partial charge in [-0.05, 0) is 58.9 Å². The molecule has 2 aromatic rings. The number of thiophene rings is 1. The fraction of sp³-hybridized carbons (Fsp3) is 0.231. The summed E-state index contributed by atoms with van der Waals surface area (Å²) in [5.41, 5.74) is 9.53. The maximum absolute atomic E-state index is 6.05. The monoisotopic (exact) mass is 251 g/mol. The molecular formula is C13H17NS2. The zero-order chi connectivity index (χ0) is 11.8. The smallest absolute Gasteiger partial charge is 0.0437 e. The van der Waals surface area contributed by atoms with Crippen LogP contribution in [0.15, 0.2) is 39.9 Å². The van der Waals surface area contributed by atoms with Gasteiger partial charge in [-0.15, -0.1) is 0 Å². The van der Waals surface area contributed by atoms with E-state index in [-0.39, 0.29) is 0 Å². The third kappa shape index (κ3) is 2.25. The molecule has 1 nitrogen and oxygen atoms in total. The predicted octanol–water partition coefficient (Wildman–Crippen LogP) is 4.05. The highest BCUT2D eigenvalue weighted by molar-refractivity contribution is 8.32. The summed E-state index contributed by atoms with van der Waals surface area (Å²) in [7, 11) is -0.769. The van der Waals surface area contributed by atoms with Crippen LogP contribution in [-0.4, -0.2) is 18.8 Å². The first-order valence-corrected chi connectivity index (χ1v) is 8.89. The molecule has 86 valence electrons. The first kappa shape index (κ1) is 11.6. The van der Waals surface area contributed by atoms with Crippen molar-refractivity contribution in [3.8, 4) is 11.1 Å². The summed E-state index contributed by atoms with van der Waals surface area (Å²) in [6, 6.07) is 8.53. The van der Waals surface area contributed by atoms with Crippen LogP contribution >= 0.6 is 21.4 Å². The van der Waals surface area contributed by atoms with E-state index in [0.717, 1.165) is 5.69 Å². The van der Waals surface area contributed by atoms with Gasteiger partial charge in [0.25, 0.3) is 0 Å². The molecule has 2 N–H and O–H groups in total. The molecule has 0 saturated heterocycles. The molecule has 1 heterocycles. The van der Waals surface area contributed by atoms with Gasteiger partial charge >= 0.3 is 0 Å². The third-order valence-electron chi connectivity index (χ3n) is 2.53. The van der Waals surface area contributed by atoms with E-state index in [2.05, 4.69) is 47.7 Å². The molecule has 0 aliphatic rings. The molecule has 2 rings (SSSR count). The van der Waals surface area contributed by atoms with Gasteiger partial charge < -0.3 is 5.73 Å². The summed E-state index contributed by atoms with van der Waals surface area (Å²) in [6.45, 7) is 0. The maximum atomic E-state index is 6.05. The van der Waals surface area contributed by atoms with Crippen molar-refractivity contribution in [1.82, 2.24) is 0 Å².